The molecule has 0 aromatic heterocycles. The van der Waals surface area contributed by atoms with Crippen LogP contribution in [0.2, 0.25) is 62.5 Å². The van der Waals surface area contributed by atoms with Crippen LogP contribution in [0.5, 0.6) is 17.2 Å². The Balaban J connectivity index is 1.75. The molecule has 4 aromatic carbocycles. The van der Waals surface area contributed by atoms with Crippen LogP contribution < -0.4 is 24.6 Å². The second-order valence-electron chi connectivity index (χ2n) is 24.9. The van der Waals surface area contributed by atoms with Gasteiger partial charge < -0.3 is 46.5 Å². The second-order valence-corrected chi connectivity index (χ2v) is 42.8. The maximum atomic E-state index is 12.3. The summed E-state index contributed by atoms with van der Waals surface area (Å²) in [6.45, 7) is 37.6. The number of hydrogen-bond acceptors (Lipinski definition) is 10. The first-order valence-corrected chi connectivity index (χ1v) is 38.2. The van der Waals surface area contributed by atoms with Crippen LogP contribution in [0.3, 0.4) is 0 Å². The molecule has 0 heterocycles. The second kappa shape index (κ2) is 26.8. The minimum absolute atomic E-state index is 0.109. The van der Waals surface area contributed by atoms with Crippen LogP contribution in [0.4, 0.5) is 0 Å². The normalized spacial score (nSPS) is 16.1. The summed E-state index contributed by atoms with van der Waals surface area (Å²) in [5.74, 6) is 2.13. The molecule has 0 aliphatic rings. The van der Waals surface area contributed by atoms with Crippen molar-refractivity contribution in [2.24, 2.45) is 0 Å². The molecule has 10 nitrogen and oxygen atoms in total. The number of hydrogen-bond donors (Lipinski definition) is 1. The molecular weight excluding hydrogens is 993 g/mol. The Hall–Kier alpha value is -3.39. The van der Waals surface area contributed by atoms with E-state index in [2.05, 4.69) is 175 Å². The van der Waals surface area contributed by atoms with Crippen LogP contribution in [0.25, 0.3) is 0 Å². The smallest absolute Gasteiger partial charge is 0.261 e. The largest absolute Gasteiger partial charge is 0.497 e. The average molecular weight is 1090 g/mol. The first-order valence-electron chi connectivity index (χ1n) is 26.6. The molecule has 0 amide bonds. The third-order valence-electron chi connectivity index (χ3n) is 14.0. The predicted octanol–water partition coefficient (Wildman–Crippen LogP) is 13.5. The minimum atomic E-state index is -2.91. The fourth-order valence-corrected chi connectivity index (χ4v) is 19.0. The lowest BCUT2D eigenvalue weighted by atomic mass is 9.87. The van der Waals surface area contributed by atoms with Crippen molar-refractivity contribution < 1.29 is 46.5 Å². The molecule has 0 aliphatic carbocycles. The van der Waals surface area contributed by atoms with Gasteiger partial charge in [0.2, 0.25) is 0 Å². The highest BCUT2D eigenvalue weighted by molar-refractivity contribution is 6.99. The highest BCUT2D eigenvalue weighted by atomic mass is 28.4. The summed E-state index contributed by atoms with van der Waals surface area (Å²) in [6, 6.07) is 35.4. The zero-order valence-corrected chi connectivity index (χ0v) is 53.0. The third-order valence-corrected chi connectivity index (χ3v) is 25.8. The van der Waals surface area contributed by atoms with Crippen LogP contribution >= 0.6 is 0 Å². The Labute approximate surface area is 452 Å². The molecule has 0 saturated heterocycles. The van der Waals surface area contributed by atoms with Crippen molar-refractivity contribution in [2.45, 2.75) is 186 Å². The molecule has 5 atom stereocenters. The van der Waals surface area contributed by atoms with Gasteiger partial charge in [0.1, 0.15) is 11.9 Å². The van der Waals surface area contributed by atoms with Gasteiger partial charge in [0, 0.05) is 19.6 Å². The standard InChI is InChI=1S/C60H96O10Si4/c1-57(2,3)73(18,19)68-54(38-41-67-74(58(4,5)6,51-28-22-20-23-29-51)52-30-24-21-25-31-52)56(66-46-47-32-35-50(62-9)36-33-47)60(8,70-72(15,16)17)44-49(61)27-26-39-59(7,69-71(12,13)14)40-42-65-45-48-34-37-53(63-10)55(43-48)64-11/h20-37,43,49,54,56,61H,38-42,44-46H2,1-19H3/b27-26+/t49-,54+,56+,59-,60-/m1/s1. The molecule has 0 fully saturated rings. The van der Waals surface area contributed by atoms with E-state index in [1.165, 1.54) is 10.4 Å². The van der Waals surface area contributed by atoms with Crippen molar-refractivity contribution in [1.82, 2.24) is 0 Å². The van der Waals surface area contributed by atoms with Gasteiger partial charge in [0.15, 0.2) is 36.5 Å². The van der Waals surface area contributed by atoms with E-state index in [1.807, 2.05) is 48.5 Å². The van der Waals surface area contributed by atoms with Gasteiger partial charge in [-0.15, -0.1) is 0 Å². The van der Waals surface area contributed by atoms with E-state index >= 15 is 0 Å². The summed E-state index contributed by atoms with van der Waals surface area (Å²) >= 11 is 0. The van der Waals surface area contributed by atoms with Gasteiger partial charge in [-0.05, 0) is 141 Å². The Morgan fingerprint density at radius 3 is 1.65 bits per heavy atom. The molecule has 4 rings (SSSR count). The molecular formula is C60H96O10Si4. The lowest BCUT2D eigenvalue weighted by Crippen LogP contribution is -2.67. The minimum Gasteiger partial charge on any atom is -0.497 e. The molecule has 1 N–H and O–H groups in total. The summed E-state index contributed by atoms with van der Waals surface area (Å²) in [5, 5.41) is 14.5. The molecule has 412 valence electrons. The van der Waals surface area contributed by atoms with E-state index in [9.17, 15) is 5.11 Å². The molecule has 14 heteroatoms. The van der Waals surface area contributed by atoms with Crippen molar-refractivity contribution in [3.05, 3.63) is 126 Å². The summed E-state index contributed by atoms with van der Waals surface area (Å²) in [5.41, 5.74) is 0.474. The van der Waals surface area contributed by atoms with Crippen LogP contribution in [0, 0.1) is 0 Å². The fraction of sp³-hybridized carbons (Fsp3) is 0.567. The Morgan fingerprint density at radius 1 is 0.595 bits per heavy atom. The van der Waals surface area contributed by atoms with E-state index < -0.39 is 62.8 Å². The van der Waals surface area contributed by atoms with Crippen molar-refractivity contribution >= 4 is 43.6 Å². The highest BCUT2D eigenvalue weighted by Crippen LogP contribution is 2.42. The molecule has 0 saturated carbocycles. The predicted molar refractivity (Wildman–Crippen MR) is 316 cm³/mol. The van der Waals surface area contributed by atoms with Crippen molar-refractivity contribution in [3.63, 3.8) is 0 Å². The summed E-state index contributed by atoms with van der Waals surface area (Å²) < 4.78 is 59.6. The number of aliphatic hydroxyl groups is 1. The van der Waals surface area contributed by atoms with Gasteiger partial charge in [0.05, 0.1) is 58.0 Å². The van der Waals surface area contributed by atoms with Crippen LogP contribution in [-0.2, 0) is 40.4 Å². The first-order chi connectivity index (χ1) is 34.4. The topological polar surface area (TPSA) is 103 Å². The SMILES string of the molecule is COc1ccc(CO[C@@H]([C@H](CCO[Si](c2ccccc2)(c2ccccc2)C(C)(C)C)O[Si](C)(C)C(C)(C)C)[C@@](C)(C[C@H](O)/C=C/C[C@](C)(CCOCc2ccc(OC)c(OC)c2)O[Si](C)(C)C)O[Si](C)(C)C)cc1. The first kappa shape index (κ1) is 63.1. The van der Waals surface area contributed by atoms with Gasteiger partial charge in [-0.2, -0.15) is 0 Å². The monoisotopic (exact) mass is 1090 g/mol. The third kappa shape index (κ3) is 18.4. The number of benzene rings is 4. The van der Waals surface area contributed by atoms with Crippen LogP contribution in [0.15, 0.2) is 115 Å². The maximum absolute atomic E-state index is 12.3. The van der Waals surface area contributed by atoms with Gasteiger partial charge in [0.25, 0.3) is 8.32 Å². The maximum Gasteiger partial charge on any atom is 0.261 e. The summed E-state index contributed by atoms with van der Waals surface area (Å²) in [4.78, 5) is 0. The Kier molecular flexibility index (Phi) is 22.9. The van der Waals surface area contributed by atoms with Crippen LogP contribution in [-0.4, -0.2) is 102 Å². The van der Waals surface area contributed by atoms with Crippen molar-refractivity contribution in [2.75, 3.05) is 34.5 Å². The Bertz CT molecular complexity index is 2260. The molecule has 0 aliphatic heterocycles. The van der Waals surface area contributed by atoms with Gasteiger partial charge in [-0.1, -0.05) is 133 Å². The number of aliphatic hydroxyl groups excluding tert-OH is 1. The fourth-order valence-electron chi connectivity index (χ4n) is 9.76. The quantitative estimate of drug-likeness (QED) is 0.0308. The van der Waals surface area contributed by atoms with Crippen molar-refractivity contribution in [3.8, 4) is 17.2 Å². The lowest BCUT2D eigenvalue weighted by Gasteiger charge is -2.49. The van der Waals surface area contributed by atoms with E-state index in [4.69, 9.17) is 41.4 Å². The molecule has 0 radical (unpaired) electrons. The van der Waals surface area contributed by atoms with E-state index in [-0.39, 0.29) is 16.5 Å². The zero-order chi connectivity index (χ0) is 55.2. The zero-order valence-electron chi connectivity index (χ0n) is 49.0. The molecule has 4 aromatic rings. The van der Waals surface area contributed by atoms with E-state index in [0.717, 1.165) is 16.9 Å². The van der Waals surface area contributed by atoms with Crippen molar-refractivity contribution in [1.29, 1.82) is 0 Å². The number of ether oxygens (including phenoxy) is 5. The highest BCUT2D eigenvalue weighted by Gasteiger charge is 2.52. The molecule has 0 unspecified atom stereocenters. The number of rotatable bonds is 30. The number of methoxy groups -OCH3 is 3. The van der Waals surface area contributed by atoms with Gasteiger partial charge >= 0.3 is 0 Å². The Morgan fingerprint density at radius 2 is 1.15 bits per heavy atom. The summed E-state index contributed by atoms with van der Waals surface area (Å²) in [7, 11) is -4.79. The van der Waals surface area contributed by atoms with Gasteiger partial charge in [-0.3, -0.25) is 0 Å². The van der Waals surface area contributed by atoms with Gasteiger partial charge in [-0.25, -0.2) is 0 Å². The van der Waals surface area contributed by atoms with E-state index in [1.54, 1.807) is 21.3 Å². The lowest BCUT2D eigenvalue weighted by molar-refractivity contribution is -0.152. The molecule has 74 heavy (non-hydrogen) atoms. The van der Waals surface area contributed by atoms with Crippen LogP contribution in [0.1, 0.15) is 92.2 Å². The average Bonchev–Trinajstić information content (AvgIpc) is 3.30. The molecule has 0 bridgehead atoms. The van der Waals surface area contributed by atoms with E-state index in [0.29, 0.717) is 57.2 Å². The summed E-state index contributed by atoms with van der Waals surface area (Å²) in [6.07, 6.45) is 4.12. The molecule has 0 spiro atoms.